The Hall–Kier alpha value is -0.590. The Balaban J connectivity index is 1.87. The molecular formula is C16H29N3. The molecule has 1 heterocycles. The maximum absolute atomic E-state index is 9.48. The van der Waals surface area contributed by atoms with Crippen LogP contribution in [0, 0.1) is 22.7 Å². The largest absolute Gasteiger partial charge is 0.303 e. The first-order chi connectivity index (χ1) is 9.01. The SMILES string of the molecule is CNC1(C#N)CCCC1CCN1CCCC(C)(C)C1. The smallest absolute Gasteiger partial charge is 0.109 e. The number of likely N-dealkylation sites (tertiary alicyclic amines) is 1. The molecule has 0 aromatic rings. The fourth-order valence-electron chi connectivity index (χ4n) is 4.07. The molecule has 0 spiro atoms. The summed E-state index contributed by atoms with van der Waals surface area (Å²) in [6, 6.07) is 2.55. The molecule has 1 N–H and O–H groups in total. The zero-order valence-corrected chi connectivity index (χ0v) is 12.8. The van der Waals surface area contributed by atoms with Crippen molar-refractivity contribution in [3.05, 3.63) is 0 Å². The molecule has 2 atom stereocenters. The monoisotopic (exact) mass is 263 g/mol. The molecule has 0 radical (unpaired) electrons. The summed E-state index contributed by atoms with van der Waals surface area (Å²) in [6.07, 6.45) is 7.29. The average molecular weight is 263 g/mol. The molecule has 2 aliphatic rings. The highest BCUT2D eigenvalue weighted by molar-refractivity contribution is 5.13. The summed E-state index contributed by atoms with van der Waals surface area (Å²) < 4.78 is 0. The topological polar surface area (TPSA) is 39.1 Å². The summed E-state index contributed by atoms with van der Waals surface area (Å²) in [4.78, 5) is 2.61. The van der Waals surface area contributed by atoms with Crippen LogP contribution in [0.1, 0.15) is 52.4 Å². The number of nitrogens with one attached hydrogen (secondary N) is 1. The Bertz CT molecular complexity index is 344. The van der Waals surface area contributed by atoms with Gasteiger partial charge in [-0.2, -0.15) is 5.26 Å². The number of nitrogens with zero attached hydrogens (tertiary/aromatic N) is 2. The van der Waals surface area contributed by atoms with Gasteiger partial charge in [-0.3, -0.25) is 0 Å². The first-order valence-corrected chi connectivity index (χ1v) is 7.84. The van der Waals surface area contributed by atoms with Gasteiger partial charge in [0, 0.05) is 6.54 Å². The van der Waals surface area contributed by atoms with Gasteiger partial charge < -0.3 is 10.2 Å². The summed E-state index contributed by atoms with van der Waals surface area (Å²) in [5.41, 5.74) is 0.231. The minimum Gasteiger partial charge on any atom is -0.303 e. The highest BCUT2D eigenvalue weighted by Crippen LogP contribution is 2.38. The van der Waals surface area contributed by atoms with Gasteiger partial charge in [0.1, 0.15) is 5.54 Å². The molecule has 1 aliphatic heterocycles. The summed E-state index contributed by atoms with van der Waals surface area (Å²) in [7, 11) is 1.95. The van der Waals surface area contributed by atoms with Crippen LogP contribution in [0.15, 0.2) is 0 Å². The molecule has 0 aromatic carbocycles. The van der Waals surface area contributed by atoms with E-state index in [1.165, 1.54) is 51.7 Å². The van der Waals surface area contributed by atoms with Crippen LogP contribution in [0.5, 0.6) is 0 Å². The van der Waals surface area contributed by atoms with Crippen molar-refractivity contribution in [2.24, 2.45) is 11.3 Å². The van der Waals surface area contributed by atoms with Crippen molar-refractivity contribution >= 4 is 0 Å². The number of hydrogen-bond donors (Lipinski definition) is 1. The van der Waals surface area contributed by atoms with Crippen molar-refractivity contribution in [2.75, 3.05) is 26.7 Å². The van der Waals surface area contributed by atoms with E-state index in [1.807, 2.05) is 7.05 Å². The second kappa shape index (κ2) is 5.81. The van der Waals surface area contributed by atoms with Gasteiger partial charge in [0.25, 0.3) is 0 Å². The molecule has 2 unspecified atom stereocenters. The molecule has 1 aliphatic carbocycles. The van der Waals surface area contributed by atoms with Crippen LogP contribution in [0.2, 0.25) is 0 Å². The summed E-state index contributed by atoms with van der Waals surface area (Å²) in [6.45, 7) is 8.39. The van der Waals surface area contributed by atoms with Gasteiger partial charge in [-0.25, -0.2) is 0 Å². The Kier molecular flexibility index (Phi) is 4.53. The molecule has 3 nitrogen and oxygen atoms in total. The molecule has 19 heavy (non-hydrogen) atoms. The first kappa shape index (κ1) is 14.8. The molecule has 1 saturated heterocycles. The van der Waals surface area contributed by atoms with E-state index in [0.29, 0.717) is 11.3 Å². The predicted octanol–water partition coefficient (Wildman–Crippen LogP) is 2.78. The van der Waals surface area contributed by atoms with Crippen molar-refractivity contribution in [1.29, 1.82) is 5.26 Å². The molecule has 3 heteroatoms. The second-order valence-electron chi connectivity index (χ2n) is 7.25. The molecule has 0 amide bonds. The fourth-order valence-corrected chi connectivity index (χ4v) is 4.07. The predicted molar refractivity (Wildman–Crippen MR) is 78.8 cm³/mol. The van der Waals surface area contributed by atoms with Crippen LogP contribution < -0.4 is 5.32 Å². The standard InChI is InChI=1S/C16H29N3/c1-15(2)8-5-10-19(13-15)11-7-14-6-4-9-16(14,12-17)18-3/h14,18H,4-11,13H2,1-3H3. The zero-order chi connectivity index (χ0) is 13.9. The van der Waals surface area contributed by atoms with Crippen molar-refractivity contribution in [2.45, 2.75) is 57.9 Å². The molecule has 2 rings (SSSR count). The lowest BCUT2D eigenvalue weighted by Gasteiger charge is -2.39. The third-order valence-corrected chi connectivity index (χ3v) is 5.24. The van der Waals surface area contributed by atoms with E-state index in [4.69, 9.17) is 0 Å². The minimum atomic E-state index is -0.245. The van der Waals surface area contributed by atoms with E-state index in [0.717, 1.165) is 6.42 Å². The average Bonchev–Trinajstić information content (AvgIpc) is 2.78. The third kappa shape index (κ3) is 3.30. The van der Waals surface area contributed by atoms with Crippen molar-refractivity contribution in [1.82, 2.24) is 10.2 Å². The number of hydrogen-bond acceptors (Lipinski definition) is 3. The summed E-state index contributed by atoms with van der Waals surface area (Å²) >= 11 is 0. The lowest BCUT2D eigenvalue weighted by Crippen LogP contribution is -2.47. The van der Waals surface area contributed by atoms with Crippen molar-refractivity contribution in [3.63, 3.8) is 0 Å². The van der Waals surface area contributed by atoms with E-state index < -0.39 is 0 Å². The normalized spacial score (nSPS) is 35.2. The number of rotatable bonds is 4. The van der Waals surface area contributed by atoms with Gasteiger partial charge >= 0.3 is 0 Å². The Morgan fingerprint density at radius 2 is 2.11 bits per heavy atom. The van der Waals surface area contributed by atoms with Crippen LogP contribution in [0.4, 0.5) is 0 Å². The van der Waals surface area contributed by atoms with Gasteiger partial charge in [0.05, 0.1) is 6.07 Å². The maximum Gasteiger partial charge on any atom is 0.109 e. The molecule has 0 aromatic heterocycles. The Labute approximate surface area is 118 Å². The van der Waals surface area contributed by atoms with Crippen LogP contribution >= 0.6 is 0 Å². The Morgan fingerprint density at radius 1 is 1.32 bits per heavy atom. The maximum atomic E-state index is 9.48. The van der Waals surface area contributed by atoms with E-state index in [1.54, 1.807) is 0 Å². The quantitative estimate of drug-likeness (QED) is 0.847. The zero-order valence-electron chi connectivity index (χ0n) is 12.8. The summed E-state index contributed by atoms with van der Waals surface area (Å²) in [5, 5.41) is 12.8. The van der Waals surface area contributed by atoms with Crippen LogP contribution in [0.3, 0.4) is 0 Å². The third-order valence-electron chi connectivity index (χ3n) is 5.24. The van der Waals surface area contributed by atoms with Crippen LogP contribution in [-0.4, -0.2) is 37.1 Å². The highest BCUT2D eigenvalue weighted by atomic mass is 15.1. The fraction of sp³-hybridized carbons (Fsp3) is 0.938. The van der Waals surface area contributed by atoms with E-state index in [-0.39, 0.29) is 5.54 Å². The molecular weight excluding hydrogens is 234 g/mol. The highest BCUT2D eigenvalue weighted by Gasteiger charge is 2.41. The van der Waals surface area contributed by atoms with Crippen LogP contribution in [0.25, 0.3) is 0 Å². The van der Waals surface area contributed by atoms with Gasteiger partial charge in [0.2, 0.25) is 0 Å². The van der Waals surface area contributed by atoms with Crippen molar-refractivity contribution < 1.29 is 0 Å². The molecule has 2 fully saturated rings. The van der Waals surface area contributed by atoms with E-state index >= 15 is 0 Å². The first-order valence-electron chi connectivity index (χ1n) is 7.84. The van der Waals surface area contributed by atoms with Gasteiger partial charge in [-0.15, -0.1) is 0 Å². The van der Waals surface area contributed by atoms with Gasteiger partial charge in [-0.05, 0) is 63.6 Å². The van der Waals surface area contributed by atoms with E-state index in [9.17, 15) is 5.26 Å². The lowest BCUT2D eigenvalue weighted by atomic mass is 9.83. The molecule has 108 valence electrons. The summed E-state index contributed by atoms with van der Waals surface area (Å²) in [5.74, 6) is 0.535. The van der Waals surface area contributed by atoms with Gasteiger partial charge in [-0.1, -0.05) is 20.3 Å². The van der Waals surface area contributed by atoms with Crippen LogP contribution in [-0.2, 0) is 0 Å². The number of nitriles is 1. The second-order valence-corrected chi connectivity index (χ2v) is 7.25. The molecule has 1 saturated carbocycles. The van der Waals surface area contributed by atoms with Crippen molar-refractivity contribution in [3.8, 4) is 6.07 Å². The van der Waals surface area contributed by atoms with E-state index in [2.05, 4.69) is 30.1 Å². The lowest BCUT2D eigenvalue weighted by molar-refractivity contribution is 0.108. The van der Waals surface area contributed by atoms with Gasteiger partial charge in [0.15, 0.2) is 0 Å². The Morgan fingerprint density at radius 3 is 2.74 bits per heavy atom. The minimum absolute atomic E-state index is 0.245. The number of piperidine rings is 1. The molecule has 0 bridgehead atoms.